The SMILES string of the molecule is CCOCCOC(N)C(=O)O. The summed E-state index contributed by atoms with van der Waals surface area (Å²) in [6.45, 7) is 3.02. The van der Waals surface area contributed by atoms with Gasteiger partial charge in [0, 0.05) is 6.61 Å². The zero-order chi connectivity index (χ0) is 8.69. The summed E-state index contributed by atoms with van der Waals surface area (Å²) in [5.74, 6) is -1.17. The molecular formula is C6H13NO4. The molecule has 0 aromatic carbocycles. The van der Waals surface area contributed by atoms with Gasteiger partial charge >= 0.3 is 5.97 Å². The first kappa shape index (κ1) is 10.3. The van der Waals surface area contributed by atoms with E-state index in [0.29, 0.717) is 13.2 Å². The van der Waals surface area contributed by atoms with Crippen molar-refractivity contribution in [3.63, 3.8) is 0 Å². The van der Waals surface area contributed by atoms with Crippen LogP contribution in [-0.4, -0.2) is 37.1 Å². The minimum atomic E-state index is -1.24. The zero-order valence-corrected chi connectivity index (χ0v) is 6.45. The number of hydrogen-bond donors (Lipinski definition) is 2. The van der Waals surface area contributed by atoms with Gasteiger partial charge in [-0.2, -0.15) is 0 Å². The quantitative estimate of drug-likeness (QED) is 0.404. The highest BCUT2D eigenvalue weighted by Crippen LogP contribution is 1.83. The smallest absolute Gasteiger partial charge is 0.347 e. The summed E-state index contributed by atoms with van der Waals surface area (Å²) in [5.41, 5.74) is 5.02. The third-order valence-electron chi connectivity index (χ3n) is 0.973. The van der Waals surface area contributed by atoms with E-state index in [1.165, 1.54) is 0 Å². The predicted molar refractivity (Wildman–Crippen MR) is 38.1 cm³/mol. The van der Waals surface area contributed by atoms with Crippen molar-refractivity contribution in [3.8, 4) is 0 Å². The van der Waals surface area contributed by atoms with Crippen LogP contribution in [0.5, 0.6) is 0 Å². The summed E-state index contributed by atoms with van der Waals surface area (Å²) < 4.78 is 9.55. The van der Waals surface area contributed by atoms with Crippen LogP contribution < -0.4 is 5.73 Å². The fraction of sp³-hybridized carbons (Fsp3) is 0.833. The van der Waals surface area contributed by atoms with Gasteiger partial charge in [-0.15, -0.1) is 0 Å². The third-order valence-corrected chi connectivity index (χ3v) is 0.973. The van der Waals surface area contributed by atoms with Gasteiger partial charge in [-0.3, -0.25) is 5.73 Å². The molecule has 0 aromatic rings. The van der Waals surface area contributed by atoms with Crippen LogP contribution in [0.3, 0.4) is 0 Å². The Morgan fingerprint density at radius 1 is 1.64 bits per heavy atom. The minimum absolute atomic E-state index is 0.210. The number of aliphatic carboxylic acids is 1. The van der Waals surface area contributed by atoms with Gasteiger partial charge in [-0.1, -0.05) is 0 Å². The number of carbonyl (C=O) groups is 1. The molecule has 5 heteroatoms. The average molecular weight is 163 g/mol. The van der Waals surface area contributed by atoms with Crippen molar-refractivity contribution in [2.75, 3.05) is 19.8 Å². The first-order valence-corrected chi connectivity index (χ1v) is 3.36. The molecule has 0 saturated carbocycles. The summed E-state index contributed by atoms with van der Waals surface area (Å²) in [5, 5.41) is 8.25. The van der Waals surface area contributed by atoms with Gasteiger partial charge < -0.3 is 14.6 Å². The Morgan fingerprint density at radius 3 is 2.73 bits per heavy atom. The largest absolute Gasteiger partial charge is 0.478 e. The van der Waals surface area contributed by atoms with Crippen molar-refractivity contribution in [1.29, 1.82) is 0 Å². The van der Waals surface area contributed by atoms with E-state index in [1.54, 1.807) is 0 Å². The van der Waals surface area contributed by atoms with Crippen LogP contribution in [-0.2, 0) is 14.3 Å². The summed E-state index contributed by atoms with van der Waals surface area (Å²) >= 11 is 0. The van der Waals surface area contributed by atoms with E-state index in [-0.39, 0.29) is 6.61 Å². The maximum absolute atomic E-state index is 10.1. The highest BCUT2D eigenvalue weighted by molar-refractivity contribution is 5.71. The van der Waals surface area contributed by atoms with Crippen molar-refractivity contribution in [3.05, 3.63) is 0 Å². The zero-order valence-electron chi connectivity index (χ0n) is 6.45. The van der Waals surface area contributed by atoms with Crippen LogP contribution in [0, 0.1) is 0 Å². The second-order valence-electron chi connectivity index (χ2n) is 1.83. The summed E-state index contributed by atoms with van der Waals surface area (Å²) in [6.07, 6.45) is -1.24. The monoisotopic (exact) mass is 163 g/mol. The van der Waals surface area contributed by atoms with Gasteiger partial charge in [-0.05, 0) is 6.92 Å². The number of rotatable bonds is 6. The molecule has 0 aliphatic heterocycles. The molecule has 11 heavy (non-hydrogen) atoms. The lowest BCUT2D eigenvalue weighted by Crippen LogP contribution is -2.34. The molecule has 0 aliphatic carbocycles. The first-order valence-electron chi connectivity index (χ1n) is 3.36. The Kier molecular flexibility index (Phi) is 5.73. The fourth-order valence-electron chi connectivity index (χ4n) is 0.450. The molecule has 66 valence electrons. The van der Waals surface area contributed by atoms with Gasteiger partial charge in [-0.25, -0.2) is 4.79 Å². The van der Waals surface area contributed by atoms with E-state index < -0.39 is 12.2 Å². The van der Waals surface area contributed by atoms with Crippen molar-refractivity contribution in [2.45, 2.75) is 13.2 Å². The summed E-state index contributed by atoms with van der Waals surface area (Å²) in [6, 6.07) is 0. The summed E-state index contributed by atoms with van der Waals surface area (Å²) in [7, 11) is 0. The normalized spacial score (nSPS) is 12.9. The van der Waals surface area contributed by atoms with Crippen LogP contribution in [0.2, 0.25) is 0 Å². The van der Waals surface area contributed by atoms with Crippen LogP contribution >= 0.6 is 0 Å². The van der Waals surface area contributed by atoms with Crippen molar-refractivity contribution < 1.29 is 19.4 Å². The first-order chi connectivity index (χ1) is 5.18. The fourth-order valence-corrected chi connectivity index (χ4v) is 0.450. The van der Waals surface area contributed by atoms with Crippen molar-refractivity contribution >= 4 is 5.97 Å². The second kappa shape index (κ2) is 6.09. The Hall–Kier alpha value is -0.650. The number of hydrogen-bond acceptors (Lipinski definition) is 4. The van der Waals surface area contributed by atoms with Gasteiger partial charge in [0.25, 0.3) is 0 Å². The molecular weight excluding hydrogens is 150 g/mol. The molecule has 0 aromatic heterocycles. The average Bonchev–Trinajstić information content (AvgIpc) is 1.97. The van der Waals surface area contributed by atoms with E-state index in [1.807, 2.05) is 6.92 Å². The van der Waals surface area contributed by atoms with Gasteiger partial charge in [0.15, 0.2) is 0 Å². The molecule has 0 rings (SSSR count). The minimum Gasteiger partial charge on any atom is -0.478 e. The van der Waals surface area contributed by atoms with E-state index in [2.05, 4.69) is 4.74 Å². The molecule has 0 saturated heterocycles. The number of ether oxygens (including phenoxy) is 2. The molecule has 0 aliphatic rings. The van der Waals surface area contributed by atoms with Gasteiger partial charge in [0.1, 0.15) is 0 Å². The van der Waals surface area contributed by atoms with E-state index >= 15 is 0 Å². The van der Waals surface area contributed by atoms with E-state index in [9.17, 15) is 4.79 Å². The molecule has 3 N–H and O–H groups in total. The maximum Gasteiger partial charge on any atom is 0.347 e. The molecule has 1 unspecified atom stereocenters. The van der Waals surface area contributed by atoms with Crippen LogP contribution in [0.1, 0.15) is 6.92 Å². The van der Waals surface area contributed by atoms with Crippen LogP contribution in [0.25, 0.3) is 0 Å². The number of carboxylic acid groups (broad SMARTS) is 1. The molecule has 0 amide bonds. The Labute approximate surface area is 65.1 Å². The Morgan fingerprint density at radius 2 is 2.27 bits per heavy atom. The standard InChI is InChI=1S/C6H13NO4/c1-2-10-3-4-11-5(7)6(8)9/h5H,2-4,7H2,1H3,(H,8,9). The second-order valence-corrected chi connectivity index (χ2v) is 1.83. The highest BCUT2D eigenvalue weighted by Gasteiger charge is 2.09. The number of carboxylic acids is 1. The molecule has 0 radical (unpaired) electrons. The maximum atomic E-state index is 10.1. The van der Waals surface area contributed by atoms with E-state index in [0.717, 1.165) is 0 Å². The molecule has 0 bridgehead atoms. The van der Waals surface area contributed by atoms with Crippen molar-refractivity contribution in [1.82, 2.24) is 0 Å². The van der Waals surface area contributed by atoms with E-state index in [4.69, 9.17) is 15.6 Å². The molecule has 1 atom stereocenters. The van der Waals surface area contributed by atoms with Crippen molar-refractivity contribution in [2.24, 2.45) is 5.73 Å². The predicted octanol–water partition coefficient (Wildman–Crippen LogP) is -0.591. The number of nitrogens with two attached hydrogens (primary N) is 1. The molecule has 0 heterocycles. The lowest BCUT2D eigenvalue weighted by Gasteiger charge is -2.07. The lowest BCUT2D eigenvalue weighted by molar-refractivity contribution is -0.150. The highest BCUT2D eigenvalue weighted by atomic mass is 16.5. The summed E-state index contributed by atoms with van der Waals surface area (Å²) in [4.78, 5) is 10.1. The third kappa shape index (κ3) is 5.78. The molecule has 0 spiro atoms. The Balaban J connectivity index is 3.17. The van der Waals surface area contributed by atoms with Crippen LogP contribution in [0.4, 0.5) is 0 Å². The molecule has 5 nitrogen and oxygen atoms in total. The van der Waals surface area contributed by atoms with Crippen LogP contribution in [0.15, 0.2) is 0 Å². The topological polar surface area (TPSA) is 81.8 Å². The Bertz CT molecular complexity index is 117. The van der Waals surface area contributed by atoms with Gasteiger partial charge in [0.2, 0.25) is 6.23 Å². The molecule has 0 fully saturated rings. The van der Waals surface area contributed by atoms with Gasteiger partial charge in [0.05, 0.1) is 13.2 Å². The lowest BCUT2D eigenvalue weighted by atomic mass is 10.6.